The van der Waals surface area contributed by atoms with Gasteiger partial charge in [0.15, 0.2) is 0 Å². The van der Waals surface area contributed by atoms with Crippen molar-refractivity contribution < 1.29 is 14.3 Å². The van der Waals surface area contributed by atoms with Gasteiger partial charge in [0.1, 0.15) is 17.5 Å². The van der Waals surface area contributed by atoms with Gasteiger partial charge in [0.25, 0.3) is 0 Å². The second kappa shape index (κ2) is 4.81. The van der Waals surface area contributed by atoms with Gasteiger partial charge >= 0.3 is 5.97 Å². The molecule has 0 unspecified atom stereocenters. The molecule has 1 rings (SSSR count). The van der Waals surface area contributed by atoms with Crippen LogP contribution < -0.4 is 4.74 Å². The topological polar surface area (TPSA) is 48.4 Å². The first-order chi connectivity index (χ1) is 6.61. The van der Waals surface area contributed by atoms with Gasteiger partial charge in [-0.3, -0.25) is 4.79 Å². The van der Waals surface area contributed by atoms with Crippen molar-refractivity contribution in [2.24, 2.45) is 0 Å². The molecule has 1 aromatic heterocycles. The molecule has 0 aliphatic heterocycles. The number of ether oxygens (including phenoxy) is 2. The third-order valence-electron chi connectivity index (χ3n) is 1.48. The summed E-state index contributed by atoms with van der Waals surface area (Å²) in [7, 11) is 1.53. The second-order valence-electron chi connectivity index (χ2n) is 2.60. The highest BCUT2D eigenvalue weighted by atomic mass is 35.5. The van der Waals surface area contributed by atoms with E-state index >= 15 is 0 Å². The van der Waals surface area contributed by atoms with E-state index in [1.165, 1.54) is 14.0 Å². The molecule has 0 fully saturated rings. The summed E-state index contributed by atoms with van der Waals surface area (Å²) >= 11 is 5.71. The third-order valence-corrected chi connectivity index (χ3v) is 1.67. The second-order valence-corrected chi connectivity index (χ2v) is 2.99. The minimum absolute atomic E-state index is 0.103. The van der Waals surface area contributed by atoms with Crippen LogP contribution in [0, 0.1) is 0 Å². The van der Waals surface area contributed by atoms with Gasteiger partial charge in [-0.2, -0.15) is 0 Å². The van der Waals surface area contributed by atoms with Crippen LogP contribution in [-0.2, 0) is 16.1 Å². The number of aromatic nitrogens is 1. The highest BCUT2D eigenvalue weighted by Gasteiger charge is 2.03. The molecule has 5 heteroatoms. The number of carbonyl (C=O) groups is 1. The predicted octanol–water partition coefficient (Wildman–Crippen LogP) is 1.81. The van der Waals surface area contributed by atoms with Crippen LogP contribution in [0.1, 0.15) is 12.6 Å². The first-order valence-electron chi connectivity index (χ1n) is 3.95. The smallest absolute Gasteiger partial charge is 0.303 e. The highest BCUT2D eigenvalue weighted by molar-refractivity contribution is 6.29. The van der Waals surface area contributed by atoms with E-state index in [0.29, 0.717) is 16.6 Å². The number of halogens is 1. The molecule has 0 saturated carbocycles. The van der Waals surface area contributed by atoms with Gasteiger partial charge in [0.05, 0.1) is 12.8 Å². The number of esters is 1. The Morgan fingerprint density at radius 3 is 2.86 bits per heavy atom. The number of carbonyl (C=O) groups excluding carboxylic acids is 1. The summed E-state index contributed by atoms with van der Waals surface area (Å²) in [4.78, 5) is 14.5. The molecule has 0 aliphatic rings. The quantitative estimate of drug-likeness (QED) is 0.570. The largest absolute Gasteiger partial charge is 0.497 e. The summed E-state index contributed by atoms with van der Waals surface area (Å²) in [6.45, 7) is 1.44. The van der Waals surface area contributed by atoms with Gasteiger partial charge in [-0.15, -0.1) is 0 Å². The average Bonchev–Trinajstić information content (AvgIpc) is 2.14. The lowest BCUT2D eigenvalue weighted by Gasteiger charge is -2.04. The third kappa shape index (κ3) is 3.22. The maximum absolute atomic E-state index is 10.5. The van der Waals surface area contributed by atoms with E-state index in [1.807, 2.05) is 0 Å². The average molecular weight is 216 g/mol. The number of rotatable bonds is 3. The Hall–Kier alpha value is -1.29. The molecule has 4 nitrogen and oxygen atoms in total. The van der Waals surface area contributed by atoms with Crippen LogP contribution in [0.25, 0.3) is 0 Å². The normalized spacial score (nSPS) is 9.64. The van der Waals surface area contributed by atoms with Gasteiger partial charge < -0.3 is 9.47 Å². The number of hydrogen-bond acceptors (Lipinski definition) is 4. The Balaban J connectivity index is 2.76. The standard InChI is InChI=1S/C9H10ClNO3/c1-6(12)14-5-7-3-8(13-2)4-9(10)11-7/h3-4H,5H2,1-2H3. The van der Waals surface area contributed by atoms with Crippen molar-refractivity contribution in [3.05, 3.63) is 23.0 Å². The summed E-state index contributed by atoms with van der Waals surface area (Å²) in [5.41, 5.74) is 0.560. The molecule has 0 amide bonds. The molecule has 0 aromatic carbocycles. The molecule has 0 bridgehead atoms. The molecular formula is C9H10ClNO3. The molecule has 0 spiro atoms. The van der Waals surface area contributed by atoms with E-state index in [2.05, 4.69) is 4.98 Å². The minimum atomic E-state index is -0.356. The van der Waals surface area contributed by atoms with E-state index in [4.69, 9.17) is 21.1 Å². The van der Waals surface area contributed by atoms with Crippen LogP contribution in [0.15, 0.2) is 12.1 Å². The Kier molecular flexibility index (Phi) is 3.71. The van der Waals surface area contributed by atoms with Gasteiger partial charge in [0, 0.05) is 19.1 Å². The highest BCUT2D eigenvalue weighted by Crippen LogP contribution is 2.17. The first kappa shape index (κ1) is 10.8. The fourth-order valence-electron chi connectivity index (χ4n) is 0.892. The van der Waals surface area contributed by atoms with Crippen molar-refractivity contribution in [1.29, 1.82) is 0 Å². The van der Waals surface area contributed by atoms with E-state index in [1.54, 1.807) is 12.1 Å². The first-order valence-corrected chi connectivity index (χ1v) is 4.33. The van der Waals surface area contributed by atoms with Crippen molar-refractivity contribution in [2.75, 3.05) is 7.11 Å². The predicted molar refractivity (Wildman–Crippen MR) is 51.3 cm³/mol. The Morgan fingerprint density at radius 1 is 1.57 bits per heavy atom. The van der Waals surface area contributed by atoms with Crippen LogP contribution in [0.4, 0.5) is 0 Å². The van der Waals surface area contributed by atoms with Gasteiger partial charge in [-0.05, 0) is 0 Å². The monoisotopic (exact) mass is 215 g/mol. The maximum atomic E-state index is 10.5. The number of pyridine rings is 1. The van der Waals surface area contributed by atoms with E-state index < -0.39 is 0 Å². The molecule has 0 saturated heterocycles. The van der Waals surface area contributed by atoms with E-state index in [9.17, 15) is 4.79 Å². The molecule has 0 aliphatic carbocycles. The Morgan fingerprint density at radius 2 is 2.29 bits per heavy atom. The van der Waals surface area contributed by atoms with Crippen molar-refractivity contribution in [1.82, 2.24) is 4.98 Å². The van der Waals surface area contributed by atoms with Crippen LogP contribution in [-0.4, -0.2) is 18.1 Å². The Labute approximate surface area is 86.8 Å². The molecule has 0 N–H and O–H groups in total. The zero-order valence-electron chi connectivity index (χ0n) is 7.91. The van der Waals surface area contributed by atoms with Crippen LogP contribution >= 0.6 is 11.6 Å². The van der Waals surface area contributed by atoms with Gasteiger partial charge in [-0.25, -0.2) is 4.98 Å². The number of nitrogens with zero attached hydrogens (tertiary/aromatic N) is 1. The van der Waals surface area contributed by atoms with Crippen molar-refractivity contribution in [3.8, 4) is 5.75 Å². The zero-order valence-corrected chi connectivity index (χ0v) is 8.67. The lowest BCUT2D eigenvalue weighted by molar-refractivity contribution is -0.142. The molecule has 0 atom stereocenters. The van der Waals surface area contributed by atoms with Crippen LogP contribution in [0.5, 0.6) is 5.75 Å². The van der Waals surface area contributed by atoms with E-state index in [-0.39, 0.29) is 12.6 Å². The van der Waals surface area contributed by atoms with E-state index in [0.717, 1.165) is 0 Å². The maximum Gasteiger partial charge on any atom is 0.303 e. The van der Waals surface area contributed by atoms with Crippen molar-refractivity contribution in [3.63, 3.8) is 0 Å². The van der Waals surface area contributed by atoms with Crippen LogP contribution in [0.2, 0.25) is 5.15 Å². The van der Waals surface area contributed by atoms with Crippen LogP contribution in [0.3, 0.4) is 0 Å². The minimum Gasteiger partial charge on any atom is -0.497 e. The molecule has 1 heterocycles. The summed E-state index contributed by atoms with van der Waals surface area (Å²) in [5, 5.41) is 0.312. The lowest BCUT2D eigenvalue weighted by Crippen LogP contribution is -2.01. The van der Waals surface area contributed by atoms with Gasteiger partial charge in [0.2, 0.25) is 0 Å². The Bertz CT molecular complexity index is 341. The van der Waals surface area contributed by atoms with Crippen molar-refractivity contribution in [2.45, 2.75) is 13.5 Å². The summed E-state index contributed by atoms with van der Waals surface area (Å²) < 4.78 is 9.74. The summed E-state index contributed by atoms with van der Waals surface area (Å²) in [6, 6.07) is 3.24. The summed E-state index contributed by atoms with van der Waals surface area (Å²) in [5.74, 6) is 0.234. The molecular weight excluding hydrogens is 206 g/mol. The fourth-order valence-corrected chi connectivity index (χ4v) is 1.11. The lowest BCUT2D eigenvalue weighted by atomic mass is 10.3. The number of methoxy groups -OCH3 is 1. The fraction of sp³-hybridized carbons (Fsp3) is 0.333. The molecule has 76 valence electrons. The van der Waals surface area contributed by atoms with Gasteiger partial charge in [-0.1, -0.05) is 11.6 Å². The zero-order chi connectivity index (χ0) is 10.6. The van der Waals surface area contributed by atoms with Crippen molar-refractivity contribution >= 4 is 17.6 Å². The summed E-state index contributed by atoms with van der Waals surface area (Å²) in [6.07, 6.45) is 0. The molecule has 14 heavy (non-hydrogen) atoms. The number of hydrogen-bond donors (Lipinski definition) is 0. The molecule has 0 radical (unpaired) electrons. The molecule has 1 aromatic rings. The SMILES string of the molecule is COc1cc(Cl)nc(COC(C)=O)c1.